The zero-order chi connectivity index (χ0) is 10.8. The monoisotopic (exact) mass is 200 g/mol. The fraction of sp³-hybridized carbons (Fsp3) is 0.600. The Morgan fingerprint density at radius 2 is 1.86 bits per heavy atom. The standard InChI is InChI=1S/C10H14F2N2/c1-4-10(11,12)9-8(7(2)3)13-5-6-14-9/h5-7H,4H2,1-3H3. The predicted molar refractivity (Wildman–Crippen MR) is 50.3 cm³/mol. The van der Waals surface area contributed by atoms with Crippen LogP contribution < -0.4 is 0 Å². The molecule has 0 saturated carbocycles. The van der Waals surface area contributed by atoms with Gasteiger partial charge in [-0.05, 0) is 5.92 Å². The molecule has 1 aromatic rings. The van der Waals surface area contributed by atoms with E-state index in [2.05, 4.69) is 9.97 Å². The third kappa shape index (κ3) is 2.05. The Bertz CT molecular complexity index is 311. The molecular weight excluding hydrogens is 186 g/mol. The minimum Gasteiger partial charge on any atom is -0.257 e. The molecule has 0 aliphatic rings. The third-order valence-electron chi connectivity index (χ3n) is 2.06. The van der Waals surface area contributed by atoms with E-state index in [4.69, 9.17) is 0 Å². The van der Waals surface area contributed by atoms with E-state index in [1.807, 2.05) is 13.8 Å². The Morgan fingerprint density at radius 3 is 2.36 bits per heavy atom. The number of hydrogen-bond acceptors (Lipinski definition) is 2. The Hall–Kier alpha value is -1.06. The summed E-state index contributed by atoms with van der Waals surface area (Å²) in [5.41, 5.74) is 0.205. The highest BCUT2D eigenvalue weighted by Crippen LogP contribution is 2.33. The van der Waals surface area contributed by atoms with Crippen molar-refractivity contribution in [1.29, 1.82) is 0 Å². The van der Waals surface area contributed by atoms with Crippen molar-refractivity contribution < 1.29 is 8.78 Å². The molecule has 0 aromatic carbocycles. The highest BCUT2D eigenvalue weighted by Gasteiger charge is 2.34. The Kier molecular flexibility index (Phi) is 3.13. The number of halogens is 2. The van der Waals surface area contributed by atoms with E-state index >= 15 is 0 Å². The van der Waals surface area contributed by atoms with E-state index < -0.39 is 5.92 Å². The summed E-state index contributed by atoms with van der Waals surface area (Å²) in [5.74, 6) is -2.90. The van der Waals surface area contributed by atoms with Gasteiger partial charge in [-0.2, -0.15) is 8.78 Å². The van der Waals surface area contributed by atoms with Gasteiger partial charge in [-0.15, -0.1) is 0 Å². The van der Waals surface area contributed by atoms with Gasteiger partial charge in [0.15, 0.2) is 0 Å². The quantitative estimate of drug-likeness (QED) is 0.749. The molecule has 0 aliphatic carbocycles. The molecule has 0 amide bonds. The van der Waals surface area contributed by atoms with Crippen LogP contribution in [0.15, 0.2) is 12.4 Å². The first kappa shape index (κ1) is 11.0. The Balaban J connectivity index is 3.20. The molecule has 0 radical (unpaired) electrons. The molecule has 0 spiro atoms. The molecule has 0 atom stereocenters. The maximum absolute atomic E-state index is 13.4. The number of hydrogen-bond donors (Lipinski definition) is 0. The molecular formula is C10H14F2N2. The van der Waals surface area contributed by atoms with Crippen molar-refractivity contribution in [3.63, 3.8) is 0 Å². The maximum Gasteiger partial charge on any atom is 0.291 e. The average molecular weight is 200 g/mol. The fourth-order valence-corrected chi connectivity index (χ4v) is 1.22. The van der Waals surface area contributed by atoms with Crippen LogP contribution in [0.5, 0.6) is 0 Å². The van der Waals surface area contributed by atoms with E-state index in [0.29, 0.717) is 5.69 Å². The van der Waals surface area contributed by atoms with Crippen LogP contribution in [0.3, 0.4) is 0 Å². The van der Waals surface area contributed by atoms with Crippen molar-refractivity contribution in [3.8, 4) is 0 Å². The Labute approximate surface area is 82.4 Å². The lowest BCUT2D eigenvalue weighted by Gasteiger charge is -2.17. The fourth-order valence-electron chi connectivity index (χ4n) is 1.22. The van der Waals surface area contributed by atoms with E-state index in [1.165, 1.54) is 19.3 Å². The van der Waals surface area contributed by atoms with Gasteiger partial charge in [0, 0.05) is 18.8 Å². The average Bonchev–Trinajstić information content (AvgIpc) is 2.18. The summed E-state index contributed by atoms with van der Waals surface area (Å²) < 4.78 is 26.8. The number of aromatic nitrogens is 2. The molecule has 1 heterocycles. The Morgan fingerprint density at radius 1 is 1.29 bits per heavy atom. The van der Waals surface area contributed by atoms with Crippen molar-refractivity contribution in [2.45, 2.75) is 39.0 Å². The van der Waals surface area contributed by atoms with Crippen LogP contribution in [-0.4, -0.2) is 9.97 Å². The summed E-state index contributed by atoms with van der Waals surface area (Å²) in [6, 6.07) is 0. The molecule has 0 N–H and O–H groups in total. The molecule has 78 valence electrons. The lowest BCUT2D eigenvalue weighted by Crippen LogP contribution is -2.18. The summed E-state index contributed by atoms with van der Waals surface area (Å²) in [4.78, 5) is 7.68. The molecule has 0 aliphatic heterocycles. The second-order valence-corrected chi connectivity index (χ2v) is 3.50. The van der Waals surface area contributed by atoms with Crippen molar-refractivity contribution >= 4 is 0 Å². The molecule has 0 bridgehead atoms. The summed E-state index contributed by atoms with van der Waals surface area (Å²) >= 11 is 0. The molecule has 2 nitrogen and oxygen atoms in total. The second-order valence-electron chi connectivity index (χ2n) is 3.50. The number of nitrogens with zero attached hydrogens (tertiary/aromatic N) is 2. The van der Waals surface area contributed by atoms with Gasteiger partial charge in [-0.25, -0.2) is 0 Å². The summed E-state index contributed by atoms with van der Waals surface area (Å²) in [7, 11) is 0. The first-order valence-corrected chi connectivity index (χ1v) is 4.68. The lowest BCUT2D eigenvalue weighted by atomic mass is 10.0. The van der Waals surface area contributed by atoms with Crippen LogP contribution in [-0.2, 0) is 5.92 Å². The van der Waals surface area contributed by atoms with Gasteiger partial charge in [0.05, 0.1) is 5.69 Å². The number of alkyl halides is 2. The summed E-state index contributed by atoms with van der Waals surface area (Å²) in [5, 5.41) is 0. The number of rotatable bonds is 3. The smallest absolute Gasteiger partial charge is 0.257 e. The van der Waals surface area contributed by atoms with Gasteiger partial charge < -0.3 is 0 Å². The molecule has 1 aromatic heterocycles. The molecule has 4 heteroatoms. The zero-order valence-electron chi connectivity index (χ0n) is 8.59. The highest BCUT2D eigenvalue weighted by molar-refractivity contribution is 5.19. The topological polar surface area (TPSA) is 25.8 Å². The molecule has 0 fully saturated rings. The van der Waals surface area contributed by atoms with Crippen molar-refractivity contribution in [2.75, 3.05) is 0 Å². The van der Waals surface area contributed by atoms with E-state index in [-0.39, 0.29) is 18.0 Å². The van der Waals surface area contributed by atoms with Gasteiger partial charge in [0.2, 0.25) is 0 Å². The van der Waals surface area contributed by atoms with Gasteiger partial charge in [-0.3, -0.25) is 9.97 Å². The molecule has 1 rings (SSSR count). The van der Waals surface area contributed by atoms with Crippen molar-refractivity contribution in [3.05, 3.63) is 23.8 Å². The largest absolute Gasteiger partial charge is 0.291 e. The van der Waals surface area contributed by atoms with E-state index in [1.54, 1.807) is 0 Å². The van der Waals surface area contributed by atoms with E-state index in [9.17, 15) is 8.78 Å². The molecule has 0 saturated heterocycles. The normalized spacial score (nSPS) is 12.1. The second kappa shape index (κ2) is 3.98. The van der Waals surface area contributed by atoms with Crippen LogP contribution in [0.1, 0.15) is 44.5 Å². The minimum atomic E-state index is -2.87. The first-order valence-electron chi connectivity index (χ1n) is 4.68. The van der Waals surface area contributed by atoms with Crippen molar-refractivity contribution in [1.82, 2.24) is 9.97 Å². The van der Waals surface area contributed by atoms with Gasteiger partial charge >= 0.3 is 0 Å². The zero-order valence-corrected chi connectivity index (χ0v) is 8.59. The van der Waals surface area contributed by atoms with Gasteiger partial charge in [0.1, 0.15) is 5.69 Å². The molecule has 0 unspecified atom stereocenters. The van der Waals surface area contributed by atoms with Crippen molar-refractivity contribution in [2.24, 2.45) is 0 Å². The van der Waals surface area contributed by atoms with Crippen LogP contribution >= 0.6 is 0 Å². The predicted octanol–water partition coefficient (Wildman–Crippen LogP) is 3.10. The third-order valence-corrected chi connectivity index (χ3v) is 2.06. The van der Waals surface area contributed by atoms with Gasteiger partial charge in [0.25, 0.3) is 5.92 Å². The summed E-state index contributed by atoms with van der Waals surface area (Å²) in [6.07, 6.45) is 2.51. The maximum atomic E-state index is 13.4. The van der Waals surface area contributed by atoms with Crippen LogP contribution in [0.2, 0.25) is 0 Å². The van der Waals surface area contributed by atoms with Crippen LogP contribution in [0, 0.1) is 0 Å². The van der Waals surface area contributed by atoms with Crippen LogP contribution in [0.4, 0.5) is 8.78 Å². The molecule has 14 heavy (non-hydrogen) atoms. The minimum absolute atomic E-state index is 0.0314. The SMILES string of the molecule is CCC(F)(F)c1nccnc1C(C)C. The van der Waals surface area contributed by atoms with Crippen LogP contribution in [0.25, 0.3) is 0 Å². The summed E-state index contributed by atoms with van der Waals surface area (Å²) in [6.45, 7) is 5.11. The lowest BCUT2D eigenvalue weighted by molar-refractivity contribution is -0.0144. The van der Waals surface area contributed by atoms with Gasteiger partial charge in [-0.1, -0.05) is 20.8 Å². The first-order chi connectivity index (χ1) is 6.49. The highest BCUT2D eigenvalue weighted by atomic mass is 19.3. The van der Waals surface area contributed by atoms with E-state index in [0.717, 1.165) is 0 Å².